The molecule has 4 heteroatoms. The van der Waals surface area contributed by atoms with Crippen LogP contribution in [0.5, 0.6) is 0 Å². The van der Waals surface area contributed by atoms with Crippen molar-refractivity contribution in [3.63, 3.8) is 0 Å². The molecule has 0 N–H and O–H groups in total. The summed E-state index contributed by atoms with van der Waals surface area (Å²) in [6.45, 7) is 3.80. The maximum absolute atomic E-state index is 11.3. The van der Waals surface area contributed by atoms with Gasteiger partial charge in [-0.1, -0.05) is 0 Å². The summed E-state index contributed by atoms with van der Waals surface area (Å²) in [7, 11) is 1.90. The maximum Gasteiger partial charge on any atom is 0.219 e. The van der Waals surface area contributed by atoms with E-state index in [9.17, 15) is 4.79 Å². The molecule has 0 radical (unpaired) electrons. The molecule has 2 bridgehead atoms. The number of carbonyl (C=O) groups is 1. The quantitative estimate of drug-likeness (QED) is 0.576. The molecule has 3 fully saturated rings. The standard InChI is InChI=1S/C10H16N2O2/c1-6(13)11(2)9-8-5-12-4-3-7(14-8)10(9)12/h7-10H,3-5H2,1-2H3/t7-,8-,9+,10-/m1/s1. The highest BCUT2D eigenvalue weighted by Gasteiger charge is 2.58. The smallest absolute Gasteiger partial charge is 0.219 e. The predicted molar refractivity (Wildman–Crippen MR) is 50.9 cm³/mol. The molecule has 3 heterocycles. The molecule has 14 heavy (non-hydrogen) atoms. The molecule has 0 unspecified atom stereocenters. The molecule has 4 atom stereocenters. The first-order valence-corrected chi connectivity index (χ1v) is 5.31. The molecule has 0 spiro atoms. The van der Waals surface area contributed by atoms with Crippen molar-refractivity contribution in [2.45, 2.75) is 37.6 Å². The highest BCUT2D eigenvalue weighted by atomic mass is 16.5. The first-order valence-electron chi connectivity index (χ1n) is 5.31. The number of hydrogen-bond donors (Lipinski definition) is 0. The van der Waals surface area contributed by atoms with Crippen LogP contribution in [-0.4, -0.2) is 60.1 Å². The molecule has 0 aromatic rings. The van der Waals surface area contributed by atoms with Crippen LogP contribution in [0.3, 0.4) is 0 Å². The number of ether oxygens (including phenoxy) is 1. The Bertz CT molecular complexity index is 267. The van der Waals surface area contributed by atoms with Crippen molar-refractivity contribution < 1.29 is 9.53 Å². The molecule has 0 saturated carbocycles. The van der Waals surface area contributed by atoms with E-state index in [0.717, 1.165) is 19.5 Å². The highest BCUT2D eigenvalue weighted by Crippen LogP contribution is 2.41. The van der Waals surface area contributed by atoms with Crippen molar-refractivity contribution in [1.29, 1.82) is 0 Å². The molecule has 4 nitrogen and oxygen atoms in total. The molecular formula is C10H16N2O2. The van der Waals surface area contributed by atoms with E-state index in [2.05, 4.69) is 4.90 Å². The lowest BCUT2D eigenvalue weighted by Crippen LogP contribution is -2.45. The number of morpholine rings is 1. The van der Waals surface area contributed by atoms with E-state index in [1.165, 1.54) is 0 Å². The van der Waals surface area contributed by atoms with E-state index < -0.39 is 0 Å². The van der Waals surface area contributed by atoms with Crippen molar-refractivity contribution in [2.24, 2.45) is 0 Å². The fourth-order valence-corrected chi connectivity index (χ4v) is 3.24. The van der Waals surface area contributed by atoms with Crippen LogP contribution in [0, 0.1) is 0 Å². The third-order valence-electron chi connectivity index (χ3n) is 3.94. The zero-order valence-corrected chi connectivity index (χ0v) is 8.64. The number of nitrogens with zero attached hydrogens (tertiary/aromatic N) is 2. The number of hydrogen-bond acceptors (Lipinski definition) is 3. The van der Waals surface area contributed by atoms with Gasteiger partial charge in [0, 0.05) is 27.1 Å². The summed E-state index contributed by atoms with van der Waals surface area (Å²) >= 11 is 0. The molecule has 78 valence electrons. The van der Waals surface area contributed by atoms with Gasteiger partial charge in [-0.3, -0.25) is 9.69 Å². The molecule has 1 amide bonds. The van der Waals surface area contributed by atoms with Crippen LogP contribution in [0.2, 0.25) is 0 Å². The molecule has 0 aromatic carbocycles. The van der Waals surface area contributed by atoms with Gasteiger partial charge in [-0.25, -0.2) is 0 Å². The Hall–Kier alpha value is -0.610. The van der Waals surface area contributed by atoms with Gasteiger partial charge in [0.2, 0.25) is 5.91 Å². The Morgan fingerprint density at radius 3 is 2.93 bits per heavy atom. The van der Waals surface area contributed by atoms with Gasteiger partial charge in [-0.15, -0.1) is 0 Å². The normalized spacial score (nSPS) is 44.7. The topological polar surface area (TPSA) is 32.8 Å². The van der Waals surface area contributed by atoms with Crippen LogP contribution in [0.1, 0.15) is 13.3 Å². The number of fused-ring (bicyclic) bond motifs is 1. The second kappa shape index (κ2) is 2.70. The van der Waals surface area contributed by atoms with Crippen LogP contribution in [0.15, 0.2) is 0 Å². The van der Waals surface area contributed by atoms with Gasteiger partial charge < -0.3 is 9.64 Å². The summed E-state index contributed by atoms with van der Waals surface area (Å²) in [4.78, 5) is 15.7. The zero-order valence-electron chi connectivity index (χ0n) is 8.64. The lowest BCUT2D eigenvalue weighted by molar-refractivity contribution is -0.130. The van der Waals surface area contributed by atoms with Crippen molar-refractivity contribution in [2.75, 3.05) is 20.1 Å². The largest absolute Gasteiger partial charge is 0.370 e. The molecule has 0 aromatic heterocycles. The Morgan fingerprint density at radius 2 is 2.29 bits per heavy atom. The minimum atomic E-state index is 0.151. The summed E-state index contributed by atoms with van der Waals surface area (Å²) in [5.74, 6) is 0.151. The molecule has 3 aliphatic rings. The third kappa shape index (κ3) is 0.929. The zero-order chi connectivity index (χ0) is 9.87. The first-order chi connectivity index (χ1) is 6.68. The van der Waals surface area contributed by atoms with Gasteiger partial charge in [0.25, 0.3) is 0 Å². The number of carbonyl (C=O) groups excluding carboxylic acids is 1. The van der Waals surface area contributed by atoms with Gasteiger partial charge in [-0.2, -0.15) is 0 Å². The van der Waals surface area contributed by atoms with E-state index in [1.807, 2.05) is 11.9 Å². The average Bonchev–Trinajstić information content (AvgIpc) is 2.70. The summed E-state index contributed by atoms with van der Waals surface area (Å²) in [6.07, 6.45) is 1.80. The summed E-state index contributed by atoms with van der Waals surface area (Å²) in [5.41, 5.74) is 0. The van der Waals surface area contributed by atoms with E-state index in [4.69, 9.17) is 4.74 Å². The number of amides is 1. The molecule has 3 saturated heterocycles. The Balaban J connectivity index is 1.87. The Labute approximate surface area is 83.8 Å². The van der Waals surface area contributed by atoms with Gasteiger partial charge >= 0.3 is 0 Å². The van der Waals surface area contributed by atoms with Crippen molar-refractivity contribution in [1.82, 2.24) is 9.80 Å². The lowest BCUT2D eigenvalue weighted by Gasteiger charge is -2.26. The van der Waals surface area contributed by atoms with Gasteiger partial charge in [-0.05, 0) is 6.42 Å². The molecule has 0 aliphatic carbocycles. The highest BCUT2D eigenvalue weighted by molar-refractivity contribution is 5.73. The van der Waals surface area contributed by atoms with Crippen LogP contribution >= 0.6 is 0 Å². The Morgan fingerprint density at radius 1 is 1.50 bits per heavy atom. The second-order valence-electron chi connectivity index (χ2n) is 4.61. The molecule has 3 aliphatic heterocycles. The minimum absolute atomic E-state index is 0.151. The fraction of sp³-hybridized carbons (Fsp3) is 0.900. The van der Waals surface area contributed by atoms with Crippen molar-refractivity contribution in [3.05, 3.63) is 0 Å². The summed E-state index contributed by atoms with van der Waals surface area (Å²) in [5, 5.41) is 0. The van der Waals surface area contributed by atoms with Crippen LogP contribution in [-0.2, 0) is 9.53 Å². The SMILES string of the molecule is CC(=O)N(C)[C@@H]1[C@H]2[C@H]3CCN2C[C@H]1O3. The molecule has 3 rings (SSSR count). The first kappa shape index (κ1) is 8.68. The fourth-order valence-electron chi connectivity index (χ4n) is 3.24. The van der Waals surface area contributed by atoms with E-state index >= 15 is 0 Å². The second-order valence-corrected chi connectivity index (χ2v) is 4.61. The number of likely N-dealkylation sites (N-methyl/N-ethyl adjacent to an activating group) is 1. The molecular weight excluding hydrogens is 180 g/mol. The van der Waals surface area contributed by atoms with Gasteiger partial charge in [0.1, 0.15) is 0 Å². The average molecular weight is 196 g/mol. The van der Waals surface area contributed by atoms with Crippen molar-refractivity contribution >= 4 is 5.91 Å². The van der Waals surface area contributed by atoms with Gasteiger partial charge in [0.05, 0.1) is 24.3 Å². The monoisotopic (exact) mass is 196 g/mol. The summed E-state index contributed by atoms with van der Waals surface area (Å²) in [6, 6.07) is 0.786. The van der Waals surface area contributed by atoms with E-state index in [1.54, 1.807) is 6.92 Å². The van der Waals surface area contributed by atoms with E-state index in [0.29, 0.717) is 18.2 Å². The van der Waals surface area contributed by atoms with Crippen LogP contribution in [0.25, 0.3) is 0 Å². The van der Waals surface area contributed by atoms with Crippen LogP contribution < -0.4 is 0 Å². The number of rotatable bonds is 1. The summed E-state index contributed by atoms with van der Waals surface area (Å²) < 4.78 is 5.90. The van der Waals surface area contributed by atoms with Crippen molar-refractivity contribution in [3.8, 4) is 0 Å². The predicted octanol–water partition coefficient (Wildman–Crippen LogP) is -0.311. The van der Waals surface area contributed by atoms with E-state index in [-0.39, 0.29) is 12.0 Å². The Kier molecular flexibility index (Phi) is 1.67. The minimum Gasteiger partial charge on any atom is -0.370 e. The van der Waals surface area contributed by atoms with Crippen LogP contribution in [0.4, 0.5) is 0 Å². The van der Waals surface area contributed by atoms with Gasteiger partial charge in [0.15, 0.2) is 0 Å². The maximum atomic E-state index is 11.3. The lowest BCUT2D eigenvalue weighted by atomic mass is 10.1. The third-order valence-corrected chi connectivity index (χ3v) is 3.94.